The highest BCUT2D eigenvalue weighted by molar-refractivity contribution is 5.99. The van der Waals surface area contributed by atoms with E-state index in [9.17, 15) is 9.59 Å². The lowest BCUT2D eigenvalue weighted by atomic mass is 10.1. The van der Waals surface area contributed by atoms with E-state index in [0.29, 0.717) is 17.3 Å². The first-order chi connectivity index (χ1) is 16.5. The topological polar surface area (TPSA) is 108 Å². The first-order valence-electron chi connectivity index (χ1n) is 12.2. The highest BCUT2D eigenvalue weighted by Crippen LogP contribution is 2.28. The van der Waals surface area contributed by atoms with E-state index in [1.54, 1.807) is 25.2 Å². The smallest absolute Gasteiger partial charge is 0.242 e. The molecule has 0 radical (unpaired) electrons. The highest BCUT2D eigenvalue weighted by atomic mass is 16.5. The molecule has 1 atom stereocenters. The van der Waals surface area contributed by atoms with Crippen LogP contribution in [-0.2, 0) is 9.59 Å². The van der Waals surface area contributed by atoms with Crippen LogP contribution in [-0.4, -0.2) is 66.6 Å². The maximum absolute atomic E-state index is 13.4. The molecule has 1 aromatic carbocycles. The molecule has 1 aromatic rings. The highest BCUT2D eigenvalue weighted by Gasteiger charge is 2.36. The third-order valence-corrected chi connectivity index (χ3v) is 6.98. The molecule has 2 amide bonds. The molecule has 10 nitrogen and oxygen atoms in total. The minimum absolute atomic E-state index is 0.0395. The Bertz CT molecular complexity index is 911. The molecule has 0 aromatic heterocycles. The Morgan fingerprint density at radius 3 is 2.47 bits per heavy atom. The molecule has 1 aliphatic heterocycles. The number of amidine groups is 1. The van der Waals surface area contributed by atoms with Crippen molar-refractivity contribution in [3.8, 4) is 11.5 Å². The van der Waals surface area contributed by atoms with E-state index in [1.165, 1.54) is 5.12 Å². The Morgan fingerprint density at radius 2 is 1.79 bits per heavy atom. The van der Waals surface area contributed by atoms with Crippen LogP contribution < -0.4 is 25.8 Å². The van der Waals surface area contributed by atoms with Gasteiger partial charge in [-0.15, -0.1) is 10.2 Å². The van der Waals surface area contributed by atoms with Crippen LogP contribution in [0.5, 0.6) is 11.5 Å². The molecule has 4 rings (SSSR count). The van der Waals surface area contributed by atoms with Gasteiger partial charge in [-0.2, -0.15) is 0 Å². The normalized spacial score (nSPS) is 19.8. The van der Waals surface area contributed by atoms with Gasteiger partial charge in [0.1, 0.15) is 12.6 Å². The summed E-state index contributed by atoms with van der Waals surface area (Å²) in [6, 6.07) is 5.29. The zero-order chi connectivity index (χ0) is 24.1. The van der Waals surface area contributed by atoms with Crippen molar-refractivity contribution in [1.29, 1.82) is 0 Å². The lowest BCUT2D eigenvalue weighted by Gasteiger charge is -2.35. The number of benzene rings is 1. The molecule has 1 unspecified atom stereocenters. The fraction of sp³-hybridized carbons (Fsp3) is 0.625. The van der Waals surface area contributed by atoms with Crippen molar-refractivity contribution in [3.63, 3.8) is 0 Å². The van der Waals surface area contributed by atoms with Gasteiger partial charge in [0.15, 0.2) is 17.3 Å². The number of hydrogen-bond acceptors (Lipinski definition) is 8. The number of amides is 2. The van der Waals surface area contributed by atoms with Crippen molar-refractivity contribution in [2.75, 3.05) is 20.8 Å². The summed E-state index contributed by atoms with van der Waals surface area (Å²) in [5.74, 6) is 1.62. The average molecular weight is 473 g/mol. The van der Waals surface area contributed by atoms with Crippen LogP contribution in [0, 0.1) is 0 Å². The Hall–Kier alpha value is -3.01. The van der Waals surface area contributed by atoms with Crippen LogP contribution >= 0.6 is 0 Å². The van der Waals surface area contributed by atoms with E-state index in [-0.39, 0.29) is 30.4 Å². The third-order valence-electron chi connectivity index (χ3n) is 6.98. The molecule has 186 valence electrons. The number of methoxy groups -OCH3 is 2. The van der Waals surface area contributed by atoms with Gasteiger partial charge < -0.3 is 19.7 Å². The SMILES string of the molecule is COc1ccc(C2=NNN(CC(=O)N(C3CCCC3)C(C)C(=O)NC3CCCC3)N2)cc1OC. The molecular formula is C24H36N6O4. The van der Waals surface area contributed by atoms with Gasteiger partial charge in [0.25, 0.3) is 0 Å². The molecular weight excluding hydrogens is 436 g/mol. The number of hydrogen-bond donors (Lipinski definition) is 3. The molecule has 10 heteroatoms. The maximum Gasteiger partial charge on any atom is 0.242 e. The third kappa shape index (κ3) is 5.38. The van der Waals surface area contributed by atoms with E-state index in [4.69, 9.17) is 9.47 Å². The number of nitrogens with zero attached hydrogens (tertiary/aromatic N) is 3. The molecule has 0 saturated heterocycles. The molecule has 3 aliphatic rings. The fourth-order valence-electron chi connectivity index (χ4n) is 5.13. The van der Waals surface area contributed by atoms with Gasteiger partial charge in [-0.05, 0) is 50.8 Å². The van der Waals surface area contributed by atoms with Crippen LogP contribution in [0.2, 0.25) is 0 Å². The second-order valence-corrected chi connectivity index (χ2v) is 9.23. The van der Waals surface area contributed by atoms with Gasteiger partial charge in [-0.25, -0.2) is 5.53 Å². The summed E-state index contributed by atoms with van der Waals surface area (Å²) in [6.45, 7) is 1.88. The average Bonchev–Trinajstić information content (AvgIpc) is 3.62. The number of hydrazone groups is 1. The predicted molar refractivity (Wildman–Crippen MR) is 128 cm³/mol. The number of carbonyl (C=O) groups excluding carboxylic acids is 2. The van der Waals surface area contributed by atoms with Crippen LogP contribution in [0.25, 0.3) is 0 Å². The Labute approximate surface area is 201 Å². The van der Waals surface area contributed by atoms with Crippen LogP contribution in [0.15, 0.2) is 23.3 Å². The van der Waals surface area contributed by atoms with Crippen LogP contribution in [0.3, 0.4) is 0 Å². The summed E-state index contributed by atoms with van der Waals surface area (Å²) in [5, 5.41) is 9.01. The number of nitrogens with one attached hydrogen (secondary N) is 3. The summed E-state index contributed by atoms with van der Waals surface area (Å²) < 4.78 is 10.7. The van der Waals surface area contributed by atoms with E-state index >= 15 is 0 Å². The van der Waals surface area contributed by atoms with Gasteiger partial charge in [-0.3, -0.25) is 15.0 Å². The van der Waals surface area contributed by atoms with Gasteiger partial charge in [0.2, 0.25) is 11.8 Å². The van der Waals surface area contributed by atoms with E-state index in [2.05, 4.69) is 21.4 Å². The minimum atomic E-state index is -0.509. The standard InChI is InChI=1S/C24H36N6O4/c1-16(24(32)25-18-8-4-5-9-18)30(19-10-6-7-11-19)22(31)15-29-27-23(26-28-29)17-12-13-20(33-2)21(14-17)34-3/h12-14,16,18-19,28H,4-11,15H2,1-3H3,(H,25,32)(H,26,27). The van der Waals surface area contributed by atoms with Crippen LogP contribution in [0.4, 0.5) is 0 Å². The second kappa shape index (κ2) is 10.9. The number of hydrazine groups is 2. The van der Waals surface area contributed by atoms with E-state index < -0.39 is 6.04 Å². The maximum atomic E-state index is 13.4. The predicted octanol–water partition coefficient (Wildman–Crippen LogP) is 1.91. The first kappa shape index (κ1) is 24.1. The largest absolute Gasteiger partial charge is 0.493 e. The Kier molecular flexibility index (Phi) is 7.77. The molecule has 2 saturated carbocycles. The summed E-state index contributed by atoms with van der Waals surface area (Å²) in [4.78, 5) is 28.2. The molecule has 2 aliphatic carbocycles. The molecule has 2 fully saturated rings. The first-order valence-corrected chi connectivity index (χ1v) is 12.2. The van der Waals surface area contributed by atoms with Crippen LogP contribution in [0.1, 0.15) is 63.9 Å². The second-order valence-electron chi connectivity index (χ2n) is 9.23. The molecule has 34 heavy (non-hydrogen) atoms. The Morgan fingerprint density at radius 1 is 1.12 bits per heavy atom. The summed E-state index contributed by atoms with van der Waals surface area (Å²) >= 11 is 0. The van der Waals surface area contributed by atoms with Gasteiger partial charge in [0.05, 0.1) is 14.2 Å². The number of rotatable bonds is 9. The quantitative estimate of drug-likeness (QED) is 0.504. The van der Waals surface area contributed by atoms with E-state index in [0.717, 1.165) is 56.9 Å². The Balaban J connectivity index is 1.39. The van der Waals surface area contributed by atoms with Gasteiger partial charge in [0, 0.05) is 17.6 Å². The zero-order valence-corrected chi connectivity index (χ0v) is 20.3. The minimum Gasteiger partial charge on any atom is -0.493 e. The number of carbonyl (C=O) groups is 2. The zero-order valence-electron chi connectivity index (χ0n) is 20.3. The molecule has 1 heterocycles. The van der Waals surface area contributed by atoms with Crippen molar-refractivity contribution in [1.82, 2.24) is 26.3 Å². The van der Waals surface area contributed by atoms with Crippen molar-refractivity contribution < 1.29 is 19.1 Å². The van der Waals surface area contributed by atoms with E-state index in [1.807, 2.05) is 19.1 Å². The van der Waals surface area contributed by atoms with Gasteiger partial charge in [-0.1, -0.05) is 25.7 Å². The molecule has 0 spiro atoms. The lowest BCUT2D eigenvalue weighted by Crippen LogP contribution is -2.57. The number of ether oxygens (including phenoxy) is 2. The van der Waals surface area contributed by atoms with Gasteiger partial charge >= 0.3 is 0 Å². The fourth-order valence-corrected chi connectivity index (χ4v) is 5.13. The van der Waals surface area contributed by atoms with Crippen molar-refractivity contribution in [2.45, 2.75) is 76.4 Å². The van der Waals surface area contributed by atoms with Crippen molar-refractivity contribution in [2.24, 2.45) is 5.10 Å². The summed E-state index contributed by atoms with van der Waals surface area (Å²) in [5.41, 5.74) is 6.78. The molecule has 3 N–H and O–H groups in total. The molecule has 0 bridgehead atoms. The van der Waals surface area contributed by atoms with Crippen molar-refractivity contribution in [3.05, 3.63) is 23.8 Å². The lowest BCUT2D eigenvalue weighted by molar-refractivity contribution is -0.144. The monoisotopic (exact) mass is 472 g/mol. The van der Waals surface area contributed by atoms with Crippen molar-refractivity contribution >= 4 is 17.6 Å². The summed E-state index contributed by atoms with van der Waals surface area (Å²) in [6.07, 6.45) is 8.37. The summed E-state index contributed by atoms with van der Waals surface area (Å²) in [7, 11) is 3.17.